The van der Waals surface area contributed by atoms with E-state index in [2.05, 4.69) is 0 Å². The van der Waals surface area contributed by atoms with Crippen LogP contribution >= 0.6 is 0 Å². The van der Waals surface area contributed by atoms with Crippen LogP contribution in [0.15, 0.2) is 42.5 Å². The van der Waals surface area contributed by atoms with Crippen LogP contribution in [0.3, 0.4) is 0 Å². The fraction of sp³-hybridized carbons (Fsp3) is 0.235. The first-order valence-corrected chi connectivity index (χ1v) is 7.06. The lowest BCUT2D eigenvalue weighted by Crippen LogP contribution is -2.19. The van der Waals surface area contributed by atoms with Gasteiger partial charge < -0.3 is 10.1 Å². The third-order valence-electron chi connectivity index (χ3n) is 4.09. The number of methoxy groups -OCH3 is 1. The first-order chi connectivity index (χ1) is 10.6. The van der Waals surface area contributed by atoms with E-state index in [0.717, 1.165) is 22.4 Å². The van der Waals surface area contributed by atoms with E-state index in [1.807, 2.05) is 24.3 Å². The normalized spacial score (nSPS) is 17.0. The Morgan fingerprint density at radius 3 is 2.77 bits per heavy atom. The lowest BCUT2D eigenvalue weighted by Gasteiger charge is -2.27. The summed E-state index contributed by atoms with van der Waals surface area (Å²) in [4.78, 5) is 10.6. The molecule has 1 aliphatic carbocycles. The number of benzene rings is 2. The summed E-state index contributed by atoms with van der Waals surface area (Å²) in [5.74, 6) is 0.739. The van der Waals surface area contributed by atoms with Crippen molar-refractivity contribution in [1.82, 2.24) is 0 Å². The molecule has 0 saturated heterocycles. The minimum absolute atomic E-state index is 0.0359. The van der Waals surface area contributed by atoms with Crippen molar-refractivity contribution in [1.29, 1.82) is 5.41 Å². The molecule has 1 aliphatic rings. The highest BCUT2D eigenvalue weighted by atomic mass is 16.6. The zero-order chi connectivity index (χ0) is 15.7. The number of non-ortho nitro benzene ring substituents is 1. The van der Waals surface area contributed by atoms with Gasteiger partial charge in [-0.15, -0.1) is 0 Å². The topological polar surface area (TPSA) is 76.2 Å². The van der Waals surface area contributed by atoms with Crippen molar-refractivity contribution >= 4 is 11.4 Å². The molecule has 0 aliphatic heterocycles. The van der Waals surface area contributed by atoms with Gasteiger partial charge in [-0.3, -0.25) is 10.1 Å². The quantitative estimate of drug-likeness (QED) is 0.693. The van der Waals surface area contributed by atoms with Crippen LogP contribution in [0.1, 0.15) is 29.0 Å². The molecule has 0 radical (unpaired) electrons. The standard InChI is InChI=1S/C17H16N2O3/c1-22-17-7-3-6-14-15(9-12(18)10-16(14)17)11-4-2-5-13(8-11)19(20)21/h2-8,15,18H,9-10H2,1H3. The zero-order valence-electron chi connectivity index (χ0n) is 12.2. The molecule has 5 heteroatoms. The fourth-order valence-corrected chi connectivity index (χ4v) is 3.08. The summed E-state index contributed by atoms with van der Waals surface area (Å²) in [6.07, 6.45) is 1.16. The van der Waals surface area contributed by atoms with Crippen molar-refractivity contribution in [2.24, 2.45) is 0 Å². The van der Waals surface area contributed by atoms with Gasteiger partial charge in [-0.1, -0.05) is 24.3 Å². The monoisotopic (exact) mass is 296 g/mol. The maximum Gasteiger partial charge on any atom is 0.269 e. The molecule has 0 spiro atoms. The van der Waals surface area contributed by atoms with Gasteiger partial charge >= 0.3 is 0 Å². The van der Waals surface area contributed by atoms with E-state index >= 15 is 0 Å². The number of rotatable bonds is 3. The molecule has 0 fully saturated rings. The number of fused-ring (bicyclic) bond motifs is 1. The van der Waals surface area contributed by atoms with Crippen molar-refractivity contribution in [3.63, 3.8) is 0 Å². The molecule has 0 bridgehead atoms. The average Bonchev–Trinajstić information content (AvgIpc) is 2.53. The Hall–Kier alpha value is -2.69. The highest BCUT2D eigenvalue weighted by Crippen LogP contribution is 2.39. The summed E-state index contributed by atoms with van der Waals surface area (Å²) in [5, 5.41) is 19.1. The second kappa shape index (κ2) is 5.60. The number of nitrogens with one attached hydrogen (secondary N) is 1. The molecule has 5 nitrogen and oxygen atoms in total. The molecule has 2 aromatic rings. The molecule has 0 aromatic heterocycles. The number of hydrogen-bond donors (Lipinski definition) is 1. The molecular formula is C17H16N2O3. The van der Waals surface area contributed by atoms with Gasteiger partial charge in [0.2, 0.25) is 0 Å². The molecule has 22 heavy (non-hydrogen) atoms. The number of nitro benzene ring substituents is 1. The van der Waals surface area contributed by atoms with Gasteiger partial charge in [0, 0.05) is 35.7 Å². The second-order valence-corrected chi connectivity index (χ2v) is 5.42. The summed E-state index contributed by atoms with van der Waals surface area (Å²) < 4.78 is 5.40. The first kappa shape index (κ1) is 14.3. The maximum absolute atomic E-state index is 11.0. The largest absolute Gasteiger partial charge is 0.496 e. The Balaban J connectivity index is 2.11. The van der Waals surface area contributed by atoms with E-state index in [1.165, 1.54) is 6.07 Å². The van der Waals surface area contributed by atoms with Crippen LogP contribution in [0.5, 0.6) is 5.75 Å². The van der Waals surface area contributed by atoms with Gasteiger partial charge in [0.25, 0.3) is 5.69 Å². The van der Waals surface area contributed by atoms with Gasteiger partial charge in [-0.25, -0.2) is 0 Å². The van der Waals surface area contributed by atoms with Crippen molar-refractivity contribution in [2.45, 2.75) is 18.8 Å². The van der Waals surface area contributed by atoms with E-state index in [1.54, 1.807) is 19.2 Å². The molecule has 0 amide bonds. The average molecular weight is 296 g/mol. The number of ether oxygens (including phenoxy) is 1. The van der Waals surface area contributed by atoms with E-state index in [4.69, 9.17) is 10.1 Å². The number of nitrogens with zero attached hydrogens (tertiary/aromatic N) is 1. The number of nitro groups is 1. The summed E-state index contributed by atoms with van der Waals surface area (Å²) in [6.45, 7) is 0. The van der Waals surface area contributed by atoms with Crippen molar-refractivity contribution in [3.05, 3.63) is 69.3 Å². The molecule has 1 atom stereocenters. The van der Waals surface area contributed by atoms with Crippen LogP contribution in [0, 0.1) is 15.5 Å². The second-order valence-electron chi connectivity index (χ2n) is 5.42. The molecule has 0 saturated carbocycles. The van der Waals surface area contributed by atoms with Crippen molar-refractivity contribution < 1.29 is 9.66 Å². The third-order valence-corrected chi connectivity index (χ3v) is 4.09. The van der Waals surface area contributed by atoms with E-state index in [0.29, 0.717) is 18.6 Å². The van der Waals surface area contributed by atoms with Crippen LogP contribution in [0.25, 0.3) is 0 Å². The Labute approximate surface area is 128 Å². The van der Waals surface area contributed by atoms with Crippen LogP contribution in [0.4, 0.5) is 5.69 Å². The van der Waals surface area contributed by atoms with E-state index < -0.39 is 0 Å². The molecule has 112 valence electrons. The van der Waals surface area contributed by atoms with Crippen molar-refractivity contribution in [3.8, 4) is 5.75 Å². The highest BCUT2D eigenvalue weighted by Gasteiger charge is 2.27. The molecule has 3 rings (SSSR count). The van der Waals surface area contributed by atoms with Crippen molar-refractivity contribution in [2.75, 3.05) is 7.11 Å². The fourth-order valence-electron chi connectivity index (χ4n) is 3.08. The van der Waals surface area contributed by atoms with Crippen LogP contribution < -0.4 is 4.74 Å². The van der Waals surface area contributed by atoms with Gasteiger partial charge in [-0.05, 0) is 23.6 Å². The molecule has 1 N–H and O–H groups in total. The van der Waals surface area contributed by atoms with Gasteiger partial charge in [-0.2, -0.15) is 0 Å². The Bertz CT molecular complexity index is 755. The first-order valence-electron chi connectivity index (χ1n) is 7.06. The summed E-state index contributed by atoms with van der Waals surface area (Å²) in [5.41, 5.74) is 3.68. The summed E-state index contributed by atoms with van der Waals surface area (Å²) in [6, 6.07) is 12.5. The minimum atomic E-state index is -0.385. The SMILES string of the molecule is COc1cccc2c1CC(=N)CC2c1cccc([N+](=O)[O-])c1. The molecule has 1 unspecified atom stereocenters. The predicted molar refractivity (Wildman–Crippen MR) is 84.0 cm³/mol. The molecule has 0 heterocycles. The van der Waals surface area contributed by atoms with Crippen LogP contribution in [-0.2, 0) is 6.42 Å². The third kappa shape index (κ3) is 2.45. The summed E-state index contributed by atoms with van der Waals surface area (Å²) in [7, 11) is 1.62. The van der Waals surface area contributed by atoms with Gasteiger partial charge in [0.1, 0.15) is 5.75 Å². The minimum Gasteiger partial charge on any atom is -0.496 e. The van der Waals surface area contributed by atoms with E-state index in [9.17, 15) is 10.1 Å². The zero-order valence-corrected chi connectivity index (χ0v) is 12.2. The van der Waals surface area contributed by atoms with Crippen LogP contribution in [0.2, 0.25) is 0 Å². The molecule has 2 aromatic carbocycles. The molecular weight excluding hydrogens is 280 g/mol. The van der Waals surface area contributed by atoms with E-state index in [-0.39, 0.29) is 16.5 Å². The number of hydrogen-bond acceptors (Lipinski definition) is 4. The summed E-state index contributed by atoms with van der Waals surface area (Å²) >= 11 is 0. The maximum atomic E-state index is 11.0. The lowest BCUT2D eigenvalue weighted by atomic mass is 9.77. The van der Waals surface area contributed by atoms with Crippen LogP contribution in [-0.4, -0.2) is 17.7 Å². The Morgan fingerprint density at radius 1 is 1.27 bits per heavy atom. The highest BCUT2D eigenvalue weighted by molar-refractivity contribution is 5.88. The van der Waals surface area contributed by atoms with Gasteiger partial charge in [0.05, 0.1) is 12.0 Å². The smallest absolute Gasteiger partial charge is 0.269 e. The van der Waals surface area contributed by atoms with Gasteiger partial charge in [0.15, 0.2) is 0 Å². The Kier molecular flexibility index (Phi) is 3.63. The lowest BCUT2D eigenvalue weighted by molar-refractivity contribution is -0.384. The Morgan fingerprint density at radius 2 is 2.05 bits per heavy atom. The predicted octanol–water partition coefficient (Wildman–Crippen LogP) is 3.70.